The first kappa shape index (κ1) is 14.8. The lowest BCUT2D eigenvalue weighted by Crippen LogP contribution is -2.24. The van der Waals surface area contributed by atoms with E-state index in [4.69, 9.17) is 4.74 Å². The molecule has 0 radical (unpaired) electrons. The minimum Gasteiger partial charge on any atom is -0.481 e. The fourth-order valence-electron chi connectivity index (χ4n) is 2.11. The third kappa shape index (κ3) is 3.55. The van der Waals surface area contributed by atoms with E-state index < -0.39 is 11.7 Å². The molecule has 6 heteroatoms. The number of H-pyrrole nitrogens is 1. The summed E-state index contributed by atoms with van der Waals surface area (Å²) in [6, 6.07) is 13.7. The molecule has 5 nitrogen and oxygen atoms in total. The molecule has 3 rings (SSSR count). The Kier molecular flexibility index (Phi) is 4.33. The highest BCUT2D eigenvalue weighted by Gasteiger charge is 2.05. The third-order valence-corrected chi connectivity index (χ3v) is 3.21. The summed E-state index contributed by atoms with van der Waals surface area (Å²) in [6.45, 7) is -0.313. The zero-order chi connectivity index (χ0) is 16.1. The Balaban J connectivity index is 1.55. The maximum Gasteiger partial charge on any atom is 0.277 e. The van der Waals surface area contributed by atoms with E-state index in [2.05, 4.69) is 15.5 Å². The lowest BCUT2D eigenvalue weighted by molar-refractivity contribution is -0.123. The van der Waals surface area contributed by atoms with Gasteiger partial charge in [-0.05, 0) is 18.2 Å². The van der Waals surface area contributed by atoms with Crippen LogP contribution in [-0.2, 0) is 4.79 Å². The lowest BCUT2D eigenvalue weighted by atomic mass is 10.2. The number of ether oxygens (including phenoxy) is 1. The summed E-state index contributed by atoms with van der Waals surface area (Å²) in [5.74, 6) is -0.949. The van der Waals surface area contributed by atoms with E-state index in [0.29, 0.717) is 0 Å². The molecule has 3 aromatic rings. The highest BCUT2D eigenvalue weighted by Crippen LogP contribution is 2.16. The average Bonchev–Trinajstić information content (AvgIpc) is 2.98. The van der Waals surface area contributed by atoms with Crippen LogP contribution in [0.15, 0.2) is 59.8 Å². The van der Waals surface area contributed by atoms with E-state index in [-0.39, 0.29) is 12.4 Å². The molecule has 0 aliphatic heterocycles. The molecule has 2 aromatic carbocycles. The number of hydrogen-bond acceptors (Lipinski definition) is 3. The Labute approximate surface area is 131 Å². The number of fused-ring (bicyclic) bond motifs is 1. The summed E-state index contributed by atoms with van der Waals surface area (Å²) in [7, 11) is 0. The molecule has 116 valence electrons. The Bertz CT molecular complexity index is 858. The number of carbonyl (C=O) groups excluding carboxylic acids is 1. The van der Waals surface area contributed by atoms with E-state index in [9.17, 15) is 9.18 Å². The molecule has 0 atom stereocenters. The monoisotopic (exact) mass is 311 g/mol. The Morgan fingerprint density at radius 3 is 2.87 bits per heavy atom. The Morgan fingerprint density at radius 2 is 2.00 bits per heavy atom. The van der Waals surface area contributed by atoms with Gasteiger partial charge in [0.05, 0.1) is 6.21 Å². The maximum atomic E-state index is 13.3. The van der Waals surface area contributed by atoms with Crippen molar-refractivity contribution < 1.29 is 13.9 Å². The van der Waals surface area contributed by atoms with Crippen molar-refractivity contribution in [2.75, 3.05) is 6.61 Å². The van der Waals surface area contributed by atoms with Gasteiger partial charge in [0.1, 0.15) is 0 Å². The molecule has 0 bridgehead atoms. The molecule has 0 saturated carbocycles. The number of aromatic nitrogens is 1. The molecule has 0 aliphatic rings. The van der Waals surface area contributed by atoms with Gasteiger partial charge in [0.2, 0.25) is 0 Å². The maximum absolute atomic E-state index is 13.3. The predicted molar refractivity (Wildman–Crippen MR) is 85.9 cm³/mol. The van der Waals surface area contributed by atoms with Crippen LogP contribution in [0.2, 0.25) is 0 Å². The molecular weight excluding hydrogens is 297 g/mol. The van der Waals surface area contributed by atoms with E-state index >= 15 is 0 Å². The number of nitrogens with one attached hydrogen (secondary N) is 2. The van der Waals surface area contributed by atoms with Crippen molar-refractivity contribution in [3.8, 4) is 5.75 Å². The van der Waals surface area contributed by atoms with Gasteiger partial charge in [-0.1, -0.05) is 30.3 Å². The normalized spacial score (nSPS) is 11.0. The number of benzene rings is 2. The number of rotatable bonds is 5. The molecule has 23 heavy (non-hydrogen) atoms. The van der Waals surface area contributed by atoms with Crippen molar-refractivity contribution in [2.45, 2.75) is 0 Å². The van der Waals surface area contributed by atoms with Gasteiger partial charge in [-0.3, -0.25) is 4.79 Å². The highest BCUT2D eigenvalue weighted by atomic mass is 19.1. The van der Waals surface area contributed by atoms with E-state index in [1.807, 2.05) is 24.3 Å². The van der Waals surface area contributed by atoms with Crippen molar-refractivity contribution in [2.24, 2.45) is 5.10 Å². The summed E-state index contributed by atoms with van der Waals surface area (Å²) < 4.78 is 18.4. The first-order valence-corrected chi connectivity index (χ1v) is 6.99. The number of halogens is 1. The van der Waals surface area contributed by atoms with Crippen molar-refractivity contribution in [3.63, 3.8) is 0 Å². The molecule has 2 N–H and O–H groups in total. The number of nitrogens with zero attached hydrogens (tertiary/aromatic N) is 1. The fourth-order valence-corrected chi connectivity index (χ4v) is 2.11. The molecule has 0 saturated heterocycles. The van der Waals surface area contributed by atoms with E-state index in [1.165, 1.54) is 12.1 Å². The summed E-state index contributed by atoms with van der Waals surface area (Å²) in [5.41, 5.74) is 4.19. The van der Waals surface area contributed by atoms with Gasteiger partial charge >= 0.3 is 0 Å². The van der Waals surface area contributed by atoms with Gasteiger partial charge in [0.25, 0.3) is 5.91 Å². The summed E-state index contributed by atoms with van der Waals surface area (Å²) in [4.78, 5) is 14.7. The van der Waals surface area contributed by atoms with Crippen molar-refractivity contribution in [3.05, 3.63) is 66.1 Å². The molecule has 0 unspecified atom stereocenters. The second kappa shape index (κ2) is 6.74. The number of amides is 1. The average molecular weight is 311 g/mol. The second-order valence-electron chi connectivity index (χ2n) is 4.80. The van der Waals surface area contributed by atoms with Crippen LogP contribution in [-0.4, -0.2) is 23.7 Å². The standard InChI is InChI=1S/C17H14FN3O2/c18-14-6-2-4-8-16(14)23-11-17(22)21-20-10-12-9-19-15-7-3-1-5-13(12)15/h1-10,19H,11H2,(H,21,22)/b20-10+. The van der Waals surface area contributed by atoms with E-state index in [1.54, 1.807) is 24.5 Å². The molecular formula is C17H14FN3O2. The van der Waals surface area contributed by atoms with Crippen LogP contribution in [0.3, 0.4) is 0 Å². The van der Waals surface area contributed by atoms with Crippen LogP contribution in [0.5, 0.6) is 5.75 Å². The zero-order valence-corrected chi connectivity index (χ0v) is 12.1. The molecule has 0 fully saturated rings. The molecule has 1 amide bonds. The zero-order valence-electron chi connectivity index (χ0n) is 12.1. The quantitative estimate of drug-likeness (QED) is 0.562. The van der Waals surface area contributed by atoms with Crippen LogP contribution in [0.25, 0.3) is 10.9 Å². The molecule has 1 aromatic heterocycles. The molecule has 1 heterocycles. The third-order valence-electron chi connectivity index (χ3n) is 3.21. The van der Waals surface area contributed by atoms with Gasteiger partial charge < -0.3 is 9.72 Å². The minimum absolute atomic E-state index is 0.0308. The van der Waals surface area contributed by atoms with Gasteiger partial charge in [0, 0.05) is 22.7 Å². The van der Waals surface area contributed by atoms with Crippen LogP contribution in [0, 0.1) is 5.82 Å². The second-order valence-corrected chi connectivity index (χ2v) is 4.80. The summed E-state index contributed by atoms with van der Waals surface area (Å²) in [5, 5.41) is 4.89. The van der Waals surface area contributed by atoms with Gasteiger partial charge in [0.15, 0.2) is 18.2 Å². The highest BCUT2D eigenvalue weighted by molar-refractivity contribution is 5.99. The minimum atomic E-state index is -0.511. The van der Waals surface area contributed by atoms with Crippen LogP contribution < -0.4 is 10.2 Å². The molecule has 0 spiro atoms. The van der Waals surface area contributed by atoms with Gasteiger partial charge in [-0.25, -0.2) is 9.82 Å². The first-order valence-electron chi connectivity index (χ1n) is 6.99. The SMILES string of the molecule is O=C(COc1ccccc1F)N/N=C/c1c[nH]c2ccccc12. The first-order chi connectivity index (χ1) is 11.2. The number of hydrazone groups is 1. The summed E-state index contributed by atoms with van der Waals surface area (Å²) in [6.07, 6.45) is 3.34. The topological polar surface area (TPSA) is 66.5 Å². The number of hydrogen-bond donors (Lipinski definition) is 2. The van der Waals surface area contributed by atoms with Crippen molar-refractivity contribution in [1.82, 2.24) is 10.4 Å². The van der Waals surface area contributed by atoms with Crippen molar-refractivity contribution >= 4 is 23.0 Å². The fraction of sp³-hybridized carbons (Fsp3) is 0.0588. The van der Waals surface area contributed by atoms with Crippen LogP contribution in [0.4, 0.5) is 4.39 Å². The number of aromatic amines is 1. The Hall–Kier alpha value is -3.15. The predicted octanol–water partition coefficient (Wildman–Crippen LogP) is 2.84. The smallest absolute Gasteiger partial charge is 0.277 e. The Morgan fingerprint density at radius 1 is 1.22 bits per heavy atom. The van der Waals surface area contributed by atoms with E-state index in [0.717, 1.165) is 16.5 Å². The van der Waals surface area contributed by atoms with Crippen LogP contribution in [0.1, 0.15) is 5.56 Å². The largest absolute Gasteiger partial charge is 0.481 e. The van der Waals surface area contributed by atoms with Crippen LogP contribution >= 0.6 is 0 Å². The molecule has 0 aliphatic carbocycles. The number of para-hydroxylation sites is 2. The van der Waals surface area contributed by atoms with Gasteiger partial charge in [-0.15, -0.1) is 0 Å². The van der Waals surface area contributed by atoms with Crippen molar-refractivity contribution in [1.29, 1.82) is 0 Å². The lowest BCUT2D eigenvalue weighted by Gasteiger charge is -2.05. The summed E-state index contributed by atoms with van der Waals surface area (Å²) >= 11 is 0. The van der Waals surface area contributed by atoms with Gasteiger partial charge in [-0.2, -0.15) is 5.10 Å². The number of carbonyl (C=O) groups is 1.